The molecule has 4 nitrogen and oxygen atoms in total. The van der Waals surface area contributed by atoms with Gasteiger partial charge in [0.1, 0.15) is 0 Å². The Hall–Kier alpha value is -1.55. The summed E-state index contributed by atoms with van der Waals surface area (Å²) in [6.45, 7) is 9.92. The summed E-state index contributed by atoms with van der Waals surface area (Å²) in [7, 11) is 3.97. The third-order valence-electron chi connectivity index (χ3n) is 4.61. The molecule has 0 amide bonds. The minimum Gasteiger partial charge on any atom is -0.356 e. The Kier molecular flexibility index (Phi) is 6.25. The highest BCUT2D eigenvalue weighted by atomic mass is 15.3. The molecule has 1 N–H and O–H groups in total. The summed E-state index contributed by atoms with van der Waals surface area (Å²) in [4.78, 5) is 9.16. The lowest BCUT2D eigenvalue weighted by molar-refractivity contribution is 0.340. The van der Waals surface area contributed by atoms with Crippen LogP contribution in [0.2, 0.25) is 0 Å². The molecule has 1 aliphatic heterocycles. The van der Waals surface area contributed by atoms with Crippen molar-refractivity contribution in [3.05, 3.63) is 35.4 Å². The Morgan fingerprint density at radius 2 is 2.18 bits per heavy atom. The fourth-order valence-electron chi connectivity index (χ4n) is 3.10. The average Bonchev–Trinajstić information content (AvgIpc) is 2.98. The maximum atomic E-state index is 4.43. The first-order valence-electron chi connectivity index (χ1n) is 8.32. The zero-order chi connectivity index (χ0) is 15.9. The second-order valence-corrected chi connectivity index (χ2v) is 6.26. The van der Waals surface area contributed by atoms with Gasteiger partial charge in [-0.25, -0.2) is 0 Å². The van der Waals surface area contributed by atoms with E-state index in [0.717, 1.165) is 25.0 Å². The van der Waals surface area contributed by atoms with Crippen LogP contribution in [0.25, 0.3) is 0 Å². The van der Waals surface area contributed by atoms with Gasteiger partial charge in [0.2, 0.25) is 0 Å². The number of likely N-dealkylation sites (tertiary alicyclic amines) is 1. The molecular formula is C18H30N4. The molecule has 4 heteroatoms. The van der Waals surface area contributed by atoms with Crippen molar-refractivity contribution in [3.8, 4) is 0 Å². The molecule has 0 spiro atoms. The summed E-state index contributed by atoms with van der Waals surface area (Å²) in [5, 5.41) is 3.54. The van der Waals surface area contributed by atoms with Gasteiger partial charge >= 0.3 is 0 Å². The fourth-order valence-corrected chi connectivity index (χ4v) is 3.10. The first kappa shape index (κ1) is 16.8. The van der Waals surface area contributed by atoms with E-state index in [1.807, 2.05) is 7.05 Å². The lowest BCUT2D eigenvalue weighted by atomic mass is 10.1. The van der Waals surface area contributed by atoms with Crippen LogP contribution in [0.4, 0.5) is 0 Å². The maximum Gasteiger partial charge on any atom is 0.193 e. The summed E-state index contributed by atoms with van der Waals surface area (Å²) in [6.07, 6.45) is 1.29. The predicted molar refractivity (Wildman–Crippen MR) is 94.2 cm³/mol. The third-order valence-corrected chi connectivity index (χ3v) is 4.61. The molecule has 0 saturated carbocycles. The average molecular weight is 302 g/mol. The zero-order valence-corrected chi connectivity index (χ0v) is 14.5. The van der Waals surface area contributed by atoms with E-state index >= 15 is 0 Å². The van der Waals surface area contributed by atoms with Crippen LogP contribution in [0.5, 0.6) is 0 Å². The molecule has 122 valence electrons. The molecule has 0 radical (unpaired) electrons. The Labute approximate surface area is 135 Å². The molecule has 2 rings (SSSR count). The van der Waals surface area contributed by atoms with Crippen LogP contribution < -0.4 is 5.32 Å². The third kappa shape index (κ3) is 4.47. The van der Waals surface area contributed by atoms with Gasteiger partial charge in [-0.3, -0.25) is 4.99 Å². The van der Waals surface area contributed by atoms with E-state index in [1.54, 1.807) is 0 Å². The minimum atomic E-state index is 0.739. The normalized spacial score (nSPS) is 19.5. The quantitative estimate of drug-likeness (QED) is 0.669. The highest BCUT2D eigenvalue weighted by Crippen LogP contribution is 2.15. The van der Waals surface area contributed by atoms with Crippen LogP contribution in [-0.4, -0.2) is 56.0 Å². The maximum absolute atomic E-state index is 4.43. The number of rotatable bonds is 5. The topological polar surface area (TPSA) is 30.9 Å². The number of nitrogens with zero attached hydrogens (tertiary/aromatic N) is 3. The van der Waals surface area contributed by atoms with Gasteiger partial charge in [-0.2, -0.15) is 0 Å². The van der Waals surface area contributed by atoms with Crippen molar-refractivity contribution in [2.75, 3.05) is 40.3 Å². The summed E-state index contributed by atoms with van der Waals surface area (Å²) < 4.78 is 0. The van der Waals surface area contributed by atoms with Gasteiger partial charge in [0, 0.05) is 33.7 Å². The van der Waals surface area contributed by atoms with Gasteiger partial charge in [0.15, 0.2) is 5.96 Å². The number of guanidine groups is 1. The van der Waals surface area contributed by atoms with Crippen LogP contribution in [0, 0.1) is 12.8 Å². The van der Waals surface area contributed by atoms with Crippen LogP contribution >= 0.6 is 0 Å². The standard InChI is InChI=1S/C18H30N4/c1-5-22-11-10-16(13-22)12-20-18(19-3)21(4)14-17-9-7-6-8-15(17)2/h6-9,16H,5,10-14H2,1-4H3,(H,19,20). The molecule has 1 heterocycles. The highest BCUT2D eigenvalue weighted by molar-refractivity contribution is 5.79. The van der Waals surface area contributed by atoms with Crippen LogP contribution in [0.3, 0.4) is 0 Å². The van der Waals surface area contributed by atoms with Gasteiger partial charge in [-0.05, 0) is 43.5 Å². The van der Waals surface area contributed by atoms with Crippen LogP contribution in [-0.2, 0) is 6.54 Å². The molecule has 1 unspecified atom stereocenters. The van der Waals surface area contributed by atoms with Crippen molar-refractivity contribution in [2.24, 2.45) is 10.9 Å². The van der Waals surface area contributed by atoms with Gasteiger partial charge in [0.05, 0.1) is 0 Å². The summed E-state index contributed by atoms with van der Waals surface area (Å²) in [5.41, 5.74) is 2.69. The van der Waals surface area contributed by atoms with E-state index in [4.69, 9.17) is 0 Å². The second-order valence-electron chi connectivity index (χ2n) is 6.26. The van der Waals surface area contributed by atoms with Gasteiger partial charge < -0.3 is 15.1 Å². The van der Waals surface area contributed by atoms with Gasteiger partial charge in [-0.15, -0.1) is 0 Å². The molecule has 1 fully saturated rings. The van der Waals surface area contributed by atoms with E-state index in [-0.39, 0.29) is 0 Å². The molecule has 1 aromatic carbocycles. The van der Waals surface area contributed by atoms with Crippen LogP contribution in [0.15, 0.2) is 29.3 Å². The van der Waals surface area contributed by atoms with E-state index in [2.05, 4.69) is 65.3 Å². The van der Waals surface area contributed by atoms with E-state index in [1.165, 1.54) is 37.2 Å². The number of aryl methyl sites for hydroxylation is 1. The Balaban J connectivity index is 1.85. The molecule has 1 aliphatic rings. The van der Waals surface area contributed by atoms with Crippen LogP contribution in [0.1, 0.15) is 24.5 Å². The van der Waals surface area contributed by atoms with Gasteiger partial charge in [-0.1, -0.05) is 31.2 Å². The van der Waals surface area contributed by atoms with E-state index in [9.17, 15) is 0 Å². The van der Waals surface area contributed by atoms with E-state index < -0.39 is 0 Å². The lowest BCUT2D eigenvalue weighted by Crippen LogP contribution is -2.41. The highest BCUT2D eigenvalue weighted by Gasteiger charge is 2.21. The van der Waals surface area contributed by atoms with Crippen molar-refractivity contribution in [1.82, 2.24) is 15.1 Å². The van der Waals surface area contributed by atoms with Crippen molar-refractivity contribution in [1.29, 1.82) is 0 Å². The summed E-state index contributed by atoms with van der Waals surface area (Å²) >= 11 is 0. The molecule has 22 heavy (non-hydrogen) atoms. The monoisotopic (exact) mass is 302 g/mol. The zero-order valence-electron chi connectivity index (χ0n) is 14.5. The minimum absolute atomic E-state index is 0.739. The summed E-state index contributed by atoms with van der Waals surface area (Å²) in [6, 6.07) is 8.54. The van der Waals surface area contributed by atoms with Crippen molar-refractivity contribution in [2.45, 2.75) is 26.8 Å². The molecule has 1 aromatic rings. The molecule has 0 aliphatic carbocycles. The molecule has 0 aromatic heterocycles. The number of hydrogen-bond acceptors (Lipinski definition) is 2. The predicted octanol–water partition coefficient (Wildman–Crippen LogP) is 2.34. The van der Waals surface area contributed by atoms with Gasteiger partial charge in [0.25, 0.3) is 0 Å². The Morgan fingerprint density at radius 3 is 2.82 bits per heavy atom. The Morgan fingerprint density at radius 1 is 1.41 bits per heavy atom. The summed E-state index contributed by atoms with van der Waals surface area (Å²) in [5.74, 6) is 1.72. The first-order valence-corrected chi connectivity index (χ1v) is 8.32. The number of benzene rings is 1. The number of nitrogens with one attached hydrogen (secondary N) is 1. The first-order chi connectivity index (χ1) is 10.6. The Bertz CT molecular complexity index is 498. The van der Waals surface area contributed by atoms with Crippen molar-refractivity contribution in [3.63, 3.8) is 0 Å². The molecule has 1 atom stereocenters. The molecular weight excluding hydrogens is 272 g/mol. The van der Waals surface area contributed by atoms with Crippen molar-refractivity contribution < 1.29 is 0 Å². The fraction of sp³-hybridized carbons (Fsp3) is 0.611. The second kappa shape index (κ2) is 8.18. The lowest BCUT2D eigenvalue weighted by Gasteiger charge is -2.24. The smallest absolute Gasteiger partial charge is 0.193 e. The SMILES string of the molecule is CCN1CCC(CNC(=NC)N(C)Cc2ccccc2C)C1. The molecule has 0 bridgehead atoms. The largest absolute Gasteiger partial charge is 0.356 e. The van der Waals surface area contributed by atoms with Crippen molar-refractivity contribution >= 4 is 5.96 Å². The number of aliphatic imine (C=N–C) groups is 1. The van der Waals surface area contributed by atoms with E-state index in [0.29, 0.717) is 0 Å². The number of hydrogen-bond donors (Lipinski definition) is 1. The molecule has 1 saturated heterocycles.